The summed E-state index contributed by atoms with van der Waals surface area (Å²) < 4.78 is 23.4. The molecule has 0 aromatic heterocycles. The lowest BCUT2D eigenvalue weighted by molar-refractivity contribution is -0.130. The van der Waals surface area contributed by atoms with Crippen LogP contribution in [-0.2, 0) is 19.4 Å². The van der Waals surface area contributed by atoms with E-state index in [1.165, 1.54) is 6.92 Å². The Bertz CT molecular complexity index is 846. The number of amides is 2. The van der Waals surface area contributed by atoms with Crippen LogP contribution in [0.4, 0.5) is 0 Å². The van der Waals surface area contributed by atoms with Gasteiger partial charge in [0.25, 0.3) is 0 Å². The first-order chi connectivity index (χ1) is 11.7. The minimum atomic E-state index is -3.10. The molecule has 2 atom stereocenters. The summed E-state index contributed by atoms with van der Waals surface area (Å²) in [5, 5.41) is 2.87. The largest absolute Gasteiger partial charge is 0.350 e. The van der Waals surface area contributed by atoms with E-state index in [0.29, 0.717) is 6.42 Å². The molecule has 1 saturated heterocycles. The molecular formula is C18H22N2O4S. The van der Waals surface area contributed by atoms with E-state index < -0.39 is 15.4 Å². The second kappa shape index (κ2) is 6.29. The van der Waals surface area contributed by atoms with E-state index in [9.17, 15) is 18.0 Å². The van der Waals surface area contributed by atoms with Crippen molar-refractivity contribution in [2.75, 3.05) is 11.5 Å². The van der Waals surface area contributed by atoms with Crippen molar-refractivity contribution in [2.24, 2.45) is 0 Å². The second-order valence-corrected chi connectivity index (χ2v) is 9.23. The van der Waals surface area contributed by atoms with E-state index >= 15 is 0 Å². The molecule has 0 unspecified atom stereocenters. The fourth-order valence-corrected chi connectivity index (χ4v) is 5.68. The van der Waals surface area contributed by atoms with Crippen LogP contribution in [0.3, 0.4) is 0 Å². The zero-order valence-electron chi connectivity index (χ0n) is 14.4. The highest BCUT2D eigenvalue weighted by atomic mass is 32.2. The van der Waals surface area contributed by atoms with E-state index in [-0.39, 0.29) is 35.8 Å². The van der Waals surface area contributed by atoms with Crippen LogP contribution < -0.4 is 5.32 Å². The Balaban J connectivity index is 1.79. The Morgan fingerprint density at radius 3 is 2.68 bits per heavy atom. The number of nitrogens with zero attached hydrogens (tertiary/aromatic N) is 1. The molecule has 0 bridgehead atoms. The summed E-state index contributed by atoms with van der Waals surface area (Å²) in [5.74, 6) is -0.332. The van der Waals surface area contributed by atoms with Crippen LogP contribution in [0.15, 0.2) is 30.5 Å². The quantitative estimate of drug-likeness (QED) is 0.886. The van der Waals surface area contributed by atoms with Gasteiger partial charge in [-0.2, -0.15) is 0 Å². The zero-order chi connectivity index (χ0) is 18.2. The molecule has 1 aromatic rings. The molecule has 1 N–H and O–H groups in total. The van der Waals surface area contributed by atoms with E-state index in [4.69, 9.17) is 0 Å². The van der Waals surface area contributed by atoms with Gasteiger partial charge >= 0.3 is 0 Å². The maximum absolute atomic E-state index is 12.6. The molecule has 0 saturated carbocycles. The predicted octanol–water partition coefficient (Wildman–Crippen LogP) is 1.64. The molecule has 0 spiro atoms. The van der Waals surface area contributed by atoms with Gasteiger partial charge in [-0.15, -0.1) is 0 Å². The van der Waals surface area contributed by atoms with Crippen molar-refractivity contribution in [3.8, 4) is 0 Å². The number of benzene rings is 1. The van der Waals surface area contributed by atoms with Crippen LogP contribution in [0.1, 0.15) is 43.9 Å². The fourth-order valence-electron chi connectivity index (χ4n) is 3.59. The van der Waals surface area contributed by atoms with Gasteiger partial charge in [-0.05, 0) is 30.5 Å². The number of rotatable bonds is 3. The molecule has 2 aliphatic rings. The Morgan fingerprint density at radius 2 is 2.04 bits per heavy atom. The second-order valence-electron chi connectivity index (χ2n) is 7.04. The van der Waals surface area contributed by atoms with Gasteiger partial charge in [-0.1, -0.05) is 24.3 Å². The van der Waals surface area contributed by atoms with Crippen molar-refractivity contribution in [1.29, 1.82) is 0 Å². The molecule has 2 aliphatic heterocycles. The summed E-state index contributed by atoms with van der Waals surface area (Å²) in [5.41, 5.74) is 1.16. The number of carbonyl (C=O) groups is 2. The van der Waals surface area contributed by atoms with Crippen molar-refractivity contribution < 1.29 is 18.0 Å². The van der Waals surface area contributed by atoms with Crippen molar-refractivity contribution in [1.82, 2.24) is 10.2 Å². The van der Waals surface area contributed by atoms with Gasteiger partial charge in [0.2, 0.25) is 11.8 Å². The molecule has 7 heteroatoms. The number of hydrogen-bond acceptors (Lipinski definition) is 4. The highest BCUT2D eigenvalue weighted by molar-refractivity contribution is 7.91. The molecule has 0 radical (unpaired) electrons. The average molecular weight is 362 g/mol. The van der Waals surface area contributed by atoms with Crippen LogP contribution in [-0.4, -0.2) is 42.2 Å². The Morgan fingerprint density at radius 1 is 1.32 bits per heavy atom. The van der Waals surface area contributed by atoms with Gasteiger partial charge in [-0.3, -0.25) is 9.59 Å². The van der Waals surface area contributed by atoms with Crippen LogP contribution in [0, 0.1) is 0 Å². The lowest BCUT2D eigenvalue weighted by Crippen LogP contribution is -2.48. The van der Waals surface area contributed by atoms with Crippen molar-refractivity contribution in [3.05, 3.63) is 41.6 Å². The van der Waals surface area contributed by atoms with Gasteiger partial charge in [0.05, 0.1) is 29.5 Å². The maximum atomic E-state index is 12.6. The summed E-state index contributed by atoms with van der Waals surface area (Å²) in [6.45, 7) is 3.22. The van der Waals surface area contributed by atoms with Gasteiger partial charge in [-0.25, -0.2) is 8.42 Å². The van der Waals surface area contributed by atoms with E-state index in [2.05, 4.69) is 5.32 Å². The predicted molar refractivity (Wildman–Crippen MR) is 95.2 cm³/mol. The molecule has 6 nitrogen and oxygen atoms in total. The van der Waals surface area contributed by atoms with Gasteiger partial charge < -0.3 is 10.2 Å². The fraction of sp³-hybridized carbons (Fsp3) is 0.444. The standard InChI is InChI=1S/C18H22N2O4S/c1-13(21)20-9-7-14-5-3-4-6-15(14)16(20)11-17(22)19-18(2)8-10-25(23,24)12-18/h3-7,9,16H,8,10-12H2,1-2H3,(H,19,22)/t16-,18-/m0/s1. The molecule has 0 aliphatic carbocycles. The lowest BCUT2D eigenvalue weighted by atomic mass is 9.93. The molecule has 3 rings (SSSR count). The Labute approximate surface area is 147 Å². The summed E-state index contributed by atoms with van der Waals surface area (Å²) >= 11 is 0. The molecular weight excluding hydrogens is 340 g/mol. The number of fused-ring (bicyclic) bond motifs is 1. The highest BCUT2D eigenvalue weighted by Crippen LogP contribution is 2.33. The first-order valence-electron chi connectivity index (χ1n) is 8.27. The SMILES string of the molecule is CC(=O)N1C=Cc2ccccc2[C@@H]1CC(=O)N[C@@]1(C)CCS(=O)(=O)C1. The van der Waals surface area contributed by atoms with Gasteiger partial charge in [0, 0.05) is 13.1 Å². The molecule has 1 aromatic carbocycles. The van der Waals surface area contributed by atoms with Crippen LogP contribution in [0.5, 0.6) is 0 Å². The van der Waals surface area contributed by atoms with Gasteiger partial charge in [0.15, 0.2) is 9.84 Å². The zero-order valence-corrected chi connectivity index (χ0v) is 15.2. The maximum Gasteiger partial charge on any atom is 0.223 e. The molecule has 2 heterocycles. The summed E-state index contributed by atoms with van der Waals surface area (Å²) in [6, 6.07) is 7.26. The highest BCUT2D eigenvalue weighted by Gasteiger charge is 2.40. The average Bonchev–Trinajstić information content (AvgIpc) is 2.80. The summed E-state index contributed by atoms with van der Waals surface area (Å²) in [7, 11) is -3.10. The molecule has 134 valence electrons. The minimum Gasteiger partial charge on any atom is -0.350 e. The van der Waals surface area contributed by atoms with E-state index in [1.807, 2.05) is 30.3 Å². The smallest absolute Gasteiger partial charge is 0.223 e. The number of carbonyl (C=O) groups excluding carboxylic acids is 2. The minimum absolute atomic E-state index is 0.0384. The molecule has 2 amide bonds. The third-order valence-electron chi connectivity index (χ3n) is 4.79. The van der Waals surface area contributed by atoms with Crippen LogP contribution >= 0.6 is 0 Å². The normalized spacial score (nSPS) is 27.0. The third kappa shape index (κ3) is 3.76. The molecule has 1 fully saturated rings. The Hall–Kier alpha value is -2.15. The Kier molecular flexibility index (Phi) is 4.45. The van der Waals surface area contributed by atoms with Crippen molar-refractivity contribution in [3.63, 3.8) is 0 Å². The summed E-state index contributed by atoms with van der Waals surface area (Å²) in [6.07, 6.45) is 4.07. The number of sulfone groups is 1. The summed E-state index contributed by atoms with van der Waals surface area (Å²) in [4.78, 5) is 26.1. The van der Waals surface area contributed by atoms with Crippen LogP contribution in [0.2, 0.25) is 0 Å². The number of hydrogen-bond donors (Lipinski definition) is 1. The van der Waals surface area contributed by atoms with E-state index in [0.717, 1.165) is 11.1 Å². The van der Waals surface area contributed by atoms with E-state index in [1.54, 1.807) is 18.0 Å². The first-order valence-corrected chi connectivity index (χ1v) is 10.1. The monoisotopic (exact) mass is 362 g/mol. The topological polar surface area (TPSA) is 83.6 Å². The first kappa shape index (κ1) is 17.7. The van der Waals surface area contributed by atoms with Crippen molar-refractivity contribution >= 4 is 27.7 Å². The van der Waals surface area contributed by atoms with Gasteiger partial charge in [0.1, 0.15) is 0 Å². The number of nitrogens with one attached hydrogen (secondary N) is 1. The van der Waals surface area contributed by atoms with Crippen molar-refractivity contribution in [2.45, 2.75) is 38.3 Å². The van der Waals surface area contributed by atoms with Crippen LogP contribution in [0.25, 0.3) is 6.08 Å². The lowest BCUT2D eigenvalue weighted by Gasteiger charge is -2.33. The molecule has 25 heavy (non-hydrogen) atoms. The third-order valence-corrected chi connectivity index (χ3v) is 6.70.